The fourth-order valence-corrected chi connectivity index (χ4v) is 2.73. The first kappa shape index (κ1) is 27.5. The minimum Gasteiger partial charge on any atom is -0.481 e. The van der Waals surface area contributed by atoms with Gasteiger partial charge in [0.1, 0.15) is 18.1 Å². The highest BCUT2D eigenvalue weighted by Gasteiger charge is 2.33. The molecule has 0 heterocycles. The number of hydrogen-bond donors (Lipinski definition) is 8. The Morgan fingerprint density at radius 2 is 1.48 bits per heavy atom. The van der Waals surface area contributed by atoms with Crippen molar-refractivity contribution in [1.82, 2.24) is 16.0 Å². The quantitative estimate of drug-likeness (QED) is 0.146. The lowest BCUT2D eigenvalue weighted by Crippen LogP contribution is -2.60. The summed E-state index contributed by atoms with van der Waals surface area (Å²) in [5.41, 5.74) is 6.59. The van der Waals surface area contributed by atoms with Gasteiger partial charge in [-0.2, -0.15) is 0 Å². The minimum atomic E-state index is -1.70. The lowest BCUT2D eigenvalue weighted by Gasteiger charge is -2.25. The molecule has 182 valence electrons. The second-order valence-electron chi connectivity index (χ2n) is 7.26. The zero-order valence-electron chi connectivity index (χ0n) is 17.8. The van der Waals surface area contributed by atoms with E-state index in [0.29, 0.717) is 0 Å². The van der Waals surface area contributed by atoms with Gasteiger partial charge < -0.3 is 42.1 Å². The highest BCUT2D eigenvalue weighted by molar-refractivity contribution is 5.95. The maximum absolute atomic E-state index is 12.6. The number of amides is 3. The molecular weight excluding hydrogens is 440 g/mol. The monoisotopic (exact) mass is 468 g/mol. The van der Waals surface area contributed by atoms with E-state index in [9.17, 15) is 29.1 Å². The summed E-state index contributed by atoms with van der Waals surface area (Å²) in [7, 11) is 0. The second-order valence-corrected chi connectivity index (χ2v) is 7.26. The molecule has 5 atom stereocenters. The lowest BCUT2D eigenvalue weighted by molar-refractivity contribution is -0.144. The Bertz CT molecular complexity index is 847. The van der Waals surface area contributed by atoms with Crippen molar-refractivity contribution in [2.45, 2.75) is 50.0 Å². The summed E-state index contributed by atoms with van der Waals surface area (Å²) in [4.78, 5) is 59.5. The molecular formula is C20H28N4O9. The summed E-state index contributed by atoms with van der Waals surface area (Å²) in [5, 5.41) is 43.1. The number of rotatable bonds is 13. The highest BCUT2D eigenvalue weighted by Crippen LogP contribution is 2.04. The van der Waals surface area contributed by atoms with Crippen LogP contribution < -0.4 is 21.7 Å². The van der Waals surface area contributed by atoms with Crippen molar-refractivity contribution in [2.24, 2.45) is 5.73 Å². The van der Waals surface area contributed by atoms with Gasteiger partial charge in [-0.3, -0.25) is 19.2 Å². The van der Waals surface area contributed by atoms with E-state index < -0.39 is 73.0 Å². The Kier molecular flexibility index (Phi) is 10.9. The molecule has 0 spiro atoms. The van der Waals surface area contributed by atoms with E-state index in [2.05, 4.69) is 10.6 Å². The Hall–Kier alpha value is -3.55. The number of aliphatic hydroxyl groups excluding tert-OH is 2. The van der Waals surface area contributed by atoms with Crippen LogP contribution in [-0.2, 0) is 30.4 Å². The molecule has 1 aromatic carbocycles. The first-order valence-electron chi connectivity index (χ1n) is 9.90. The fourth-order valence-electron chi connectivity index (χ4n) is 2.73. The van der Waals surface area contributed by atoms with Crippen LogP contribution >= 0.6 is 0 Å². The van der Waals surface area contributed by atoms with Crippen LogP contribution in [0.4, 0.5) is 0 Å². The zero-order valence-corrected chi connectivity index (χ0v) is 17.8. The van der Waals surface area contributed by atoms with Gasteiger partial charge >= 0.3 is 11.9 Å². The molecule has 0 aliphatic carbocycles. The van der Waals surface area contributed by atoms with Gasteiger partial charge in [0.2, 0.25) is 17.7 Å². The van der Waals surface area contributed by atoms with Crippen molar-refractivity contribution in [2.75, 3.05) is 6.61 Å². The van der Waals surface area contributed by atoms with Crippen molar-refractivity contribution < 1.29 is 44.4 Å². The molecule has 0 aliphatic heterocycles. The van der Waals surface area contributed by atoms with E-state index in [1.54, 1.807) is 30.3 Å². The molecule has 3 amide bonds. The van der Waals surface area contributed by atoms with Crippen LogP contribution in [0.1, 0.15) is 18.9 Å². The standard InChI is InChI=1S/C20H28N4O9/c1-10(26)16(19(31)23-14(9-25)20(32)33)24-18(30)13(8-15(27)28)22-17(29)12(21)7-11-5-3-2-4-6-11/h2-6,10,12-14,16,25-26H,7-9,21H2,1H3,(H,22,29)(H,23,31)(H,24,30)(H,27,28)(H,32,33). The third kappa shape index (κ3) is 9.22. The number of carboxylic acid groups (broad SMARTS) is 2. The third-order valence-corrected chi connectivity index (χ3v) is 4.51. The smallest absolute Gasteiger partial charge is 0.328 e. The summed E-state index contributed by atoms with van der Waals surface area (Å²) in [6.45, 7) is 0.179. The summed E-state index contributed by atoms with van der Waals surface area (Å²) >= 11 is 0. The van der Waals surface area contributed by atoms with Crippen molar-refractivity contribution >= 4 is 29.7 Å². The number of carbonyl (C=O) groups is 5. The number of nitrogens with one attached hydrogen (secondary N) is 3. The molecule has 0 radical (unpaired) electrons. The molecule has 13 heteroatoms. The van der Waals surface area contributed by atoms with Gasteiger partial charge in [-0.05, 0) is 18.9 Å². The van der Waals surface area contributed by atoms with E-state index in [4.69, 9.17) is 21.1 Å². The average molecular weight is 468 g/mol. The highest BCUT2D eigenvalue weighted by atomic mass is 16.4. The van der Waals surface area contributed by atoms with E-state index in [1.165, 1.54) is 0 Å². The van der Waals surface area contributed by atoms with Crippen LogP contribution in [0.25, 0.3) is 0 Å². The Balaban J connectivity index is 2.90. The average Bonchev–Trinajstić information content (AvgIpc) is 2.74. The molecule has 1 aromatic rings. The van der Waals surface area contributed by atoms with Crippen molar-refractivity contribution in [3.05, 3.63) is 35.9 Å². The van der Waals surface area contributed by atoms with Gasteiger partial charge in [-0.1, -0.05) is 30.3 Å². The molecule has 33 heavy (non-hydrogen) atoms. The number of hydrogen-bond acceptors (Lipinski definition) is 8. The molecule has 0 saturated carbocycles. The summed E-state index contributed by atoms with van der Waals surface area (Å²) in [6.07, 6.45) is -2.26. The van der Waals surface area contributed by atoms with Crippen LogP contribution in [0.3, 0.4) is 0 Å². The number of nitrogens with two attached hydrogens (primary N) is 1. The predicted octanol–water partition coefficient (Wildman–Crippen LogP) is -3.06. The third-order valence-electron chi connectivity index (χ3n) is 4.51. The van der Waals surface area contributed by atoms with E-state index >= 15 is 0 Å². The summed E-state index contributed by atoms with van der Waals surface area (Å²) < 4.78 is 0. The van der Waals surface area contributed by atoms with Crippen molar-refractivity contribution in [3.63, 3.8) is 0 Å². The van der Waals surface area contributed by atoms with Gasteiger partial charge in [0.25, 0.3) is 0 Å². The molecule has 0 bridgehead atoms. The Morgan fingerprint density at radius 3 is 1.97 bits per heavy atom. The van der Waals surface area contributed by atoms with Crippen LogP contribution in [0, 0.1) is 0 Å². The molecule has 0 aromatic heterocycles. The van der Waals surface area contributed by atoms with Crippen LogP contribution in [-0.4, -0.2) is 87.0 Å². The predicted molar refractivity (Wildman–Crippen MR) is 113 cm³/mol. The second kappa shape index (κ2) is 13.1. The van der Waals surface area contributed by atoms with Crippen molar-refractivity contribution in [1.29, 1.82) is 0 Å². The molecule has 13 nitrogen and oxygen atoms in total. The molecule has 0 saturated heterocycles. The largest absolute Gasteiger partial charge is 0.481 e. The maximum atomic E-state index is 12.6. The summed E-state index contributed by atoms with van der Waals surface area (Å²) in [6, 6.07) is 2.59. The normalized spacial score (nSPS) is 15.3. The zero-order chi connectivity index (χ0) is 25.1. The van der Waals surface area contributed by atoms with E-state index in [-0.39, 0.29) is 6.42 Å². The first-order chi connectivity index (χ1) is 15.5. The number of carbonyl (C=O) groups excluding carboxylic acids is 3. The molecule has 9 N–H and O–H groups in total. The van der Waals surface area contributed by atoms with Crippen molar-refractivity contribution in [3.8, 4) is 0 Å². The molecule has 0 fully saturated rings. The topological polar surface area (TPSA) is 228 Å². The summed E-state index contributed by atoms with van der Waals surface area (Å²) in [5.74, 6) is -6.05. The Labute approximate surface area is 189 Å². The number of benzene rings is 1. The molecule has 0 aliphatic rings. The van der Waals surface area contributed by atoms with E-state index in [0.717, 1.165) is 12.5 Å². The van der Waals surface area contributed by atoms with Gasteiger partial charge in [0.05, 0.1) is 25.2 Å². The van der Waals surface area contributed by atoms with Gasteiger partial charge in [0.15, 0.2) is 0 Å². The molecule has 5 unspecified atom stereocenters. The Morgan fingerprint density at radius 1 is 0.909 bits per heavy atom. The minimum absolute atomic E-state index is 0.116. The van der Waals surface area contributed by atoms with Crippen LogP contribution in [0.5, 0.6) is 0 Å². The number of aliphatic carboxylic acids is 2. The maximum Gasteiger partial charge on any atom is 0.328 e. The van der Waals surface area contributed by atoms with Gasteiger partial charge in [-0.15, -0.1) is 0 Å². The number of carboxylic acids is 2. The lowest BCUT2D eigenvalue weighted by atomic mass is 10.0. The van der Waals surface area contributed by atoms with Crippen LogP contribution in [0.15, 0.2) is 30.3 Å². The number of aliphatic hydroxyl groups is 2. The van der Waals surface area contributed by atoms with E-state index in [1.807, 2.05) is 5.32 Å². The first-order valence-corrected chi connectivity index (χ1v) is 9.90. The molecule has 1 rings (SSSR count). The SMILES string of the molecule is CC(O)C(NC(=O)C(CC(=O)O)NC(=O)C(N)Cc1ccccc1)C(=O)NC(CO)C(=O)O. The fraction of sp³-hybridized carbons (Fsp3) is 0.450. The van der Waals surface area contributed by atoms with Gasteiger partial charge in [0, 0.05) is 0 Å². The van der Waals surface area contributed by atoms with Gasteiger partial charge in [-0.25, -0.2) is 4.79 Å². The van der Waals surface area contributed by atoms with Crippen LogP contribution in [0.2, 0.25) is 0 Å².